The van der Waals surface area contributed by atoms with Crippen LogP contribution in [0.15, 0.2) is 34.9 Å². The van der Waals surface area contributed by atoms with Crippen LogP contribution < -0.4 is 5.32 Å². The number of nitriles is 1. The standard InChI is InChI=1S/C16H17N3O2/c1-10(15-11(2)19-21-12(15)3)18-16(20)14(9-17)13-7-5-4-6-8-13/h4-8,10,14H,1-3H3,(H,18,20). The number of amides is 1. The number of rotatable bonds is 4. The number of aromatic nitrogens is 1. The van der Waals surface area contributed by atoms with Crippen molar-refractivity contribution >= 4 is 5.91 Å². The van der Waals surface area contributed by atoms with E-state index >= 15 is 0 Å². The highest BCUT2D eigenvalue weighted by atomic mass is 16.5. The molecule has 5 heteroatoms. The van der Waals surface area contributed by atoms with Gasteiger partial charge in [0.1, 0.15) is 11.7 Å². The Labute approximate surface area is 123 Å². The SMILES string of the molecule is Cc1noc(C)c1C(C)NC(=O)C(C#N)c1ccccc1. The lowest BCUT2D eigenvalue weighted by atomic mass is 9.98. The van der Waals surface area contributed by atoms with Gasteiger partial charge in [-0.25, -0.2) is 0 Å². The zero-order valence-corrected chi connectivity index (χ0v) is 12.3. The summed E-state index contributed by atoms with van der Waals surface area (Å²) >= 11 is 0. The number of hydrogen-bond acceptors (Lipinski definition) is 4. The van der Waals surface area contributed by atoms with Crippen molar-refractivity contribution in [1.82, 2.24) is 10.5 Å². The van der Waals surface area contributed by atoms with Gasteiger partial charge in [-0.2, -0.15) is 5.26 Å². The van der Waals surface area contributed by atoms with Gasteiger partial charge in [0.2, 0.25) is 5.91 Å². The fourth-order valence-electron chi connectivity index (χ4n) is 2.41. The van der Waals surface area contributed by atoms with Crippen molar-refractivity contribution in [3.05, 3.63) is 52.9 Å². The van der Waals surface area contributed by atoms with Crippen molar-refractivity contribution in [3.63, 3.8) is 0 Å². The summed E-state index contributed by atoms with van der Waals surface area (Å²) in [5, 5.41) is 16.0. The number of carbonyl (C=O) groups is 1. The van der Waals surface area contributed by atoms with Crippen molar-refractivity contribution < 1.29 is 9.32 Å². The van der Waals surface area contributed by atoms with Gasteiger partial charge in [-0.05, 0) is 26.3 Å². The fourth-order valence-corrected chi connectivity index (χ4v) is 2.41. The summed E-state index contributed by atoms with van der Waals surface area (Å²) in [5.74, 6) is -0.473. The van der Waals surface area contributed by atoms with Crippen LogP contribution in [-0.4, -0.2) is 11.1 Å². The molecule has 0 aliphatic heterocycles. The van der Waals surface area contributed by atoms with Crippen LogP contribution in [0.3, 0.4) is 0 Å². The maximum absolute atomic E-state index is 12.3. The molecule has 2 atom stereocenters. The summed E-state index contributed by atoms with van der Waals surface area (Å²) in [7, 11) is 0. The lowest BCUT2D eigenvalue weighted by Gasteiger charge is -2.16. The van der Waals surface area contributed by atoms with Crippen molar-refractivity contribution in [3.8, 4) is 6.07 Å². The number of aryl methyl sites for hydroxylation is 2. The highest BCUT2D eigenvalue weighted by molar-refractivity contribution is 5.86. The highest BCUT2D eigenvalue weighted by Crippen LogP contribution is 2.22. The van der Waals surface area contributed by atoms with Crippen molar-refractivity contribution in [2.75, 3.05) is 0 Å². The largest absolute Gasteiger partial charge is 0.361 e. The summed E-state index contributed by atoms with van der Waals surface area (Å²) < 4.78 is 5.10. The number of hydrogen-bond donors (Lipinski definition) is 1. The van der Waals surface area contributed by atoms with Crippen LogP contribution in [0.25, 0.3) is 0 Å². The Balaban J connectivity index is 2.16. The Morgan fingerprint density at radius 2 is 2.00 bits per heavy atom. The predicted octanol–water partition coefficient (Wildman–Crippen LogP) is 2.78. The Morgan fingerprint density at radius 1 is 1.33 bits per heavy atom. The minimum atomic E-state index is -0.825. The van der Waals surface area contributed by atoms with E-state index in [9.17, 15) is 10.1 Å². The van der Waals surface area contributed by atoms with E-state index in [4.69, 9.17) is 4.52 Å². The fraction of sp³-hybridized carbons (Fsp3) is 0.312. The monoisotopic (exact) mass is 283 g/mol. The molecule has 1 heterocycles. The predicted molar refractivity (Wildman–Crippen MR) is 77.3 cm³/mol. The molecule has 1 aromatic carbocycles. The Kier molecular flexibility index (Phi) is 4.39. The molecule has 0 radical (unpaired) electrons. The number of nitrogens with zero attached hydrogens (tertiary/aromatic N) is 2. The van der Waals surface area contributed by atoms with E-state index in [0.717, 1.165) is 11.3 Å². The molecule has 0 saturated heterocycles. The van der Waals surface area contributed by atoms with Crippen LogP contribution in [-0.2, 0) is 4.79 Å². The van der Waals surface area contributed by atoms with Crippen molar-refractivity contribution in [2.45, 2.75) is 32.7 Å². The van der Waals surface area contributed by atoms with Gasteiger partial charge in [-0.15, -0.1) is 0 Å². The molecule has 0 fully saturated rings. The molecular weight excluding hydrogens is 266 g/mol. The lowest BCUT2D eigenvalue weighted by molar-refractivity contribution is -0.122. The zero-order chi connectivity index (χ0) is 15.4. The first kappa shape index (κ1) is 14.8. The quantitative estimate of drug-likeness (QED) is 0.935. The van der Waals surface area contributed by atoms with Crippen LogP contribution in [0, 0.1) is 25.2 Å². The van der Waals surface area contributed by atoms with Crippen LogP contribution in [0.2, 0.25) is 0 Å². The maximum Gasteiger partial charge on any atom is 0.242 e. The van der Waals surface area contributed by atoms with E-state index in [1.54, 1.807) is 19.1 Å². The first-order chi connectivity index (χ1) is 10.0. The maximum atomic E-state index is 12.3. The van der Waals surface area contributed by atoms with Gasteiger partial charge in [-0.3, -0.25) is 4.79 Å². The molecule has 0 aliphatic rings. The molecule has 2 rings (SSSR count). The first-order valence-electron chi connectivity index (χ1n) is 6.72. The second-order valence-electron chi connectivity index (χ2n) is 4.94. The van der Waals surface area contributed by atoms with E-state index in [1.165, 1.54) is 0 Å². The Hall–Kier alpha value is -2.61. The van der Waals surface area contributed by atoms with E-state index in [2.05, 4.69) is 10.5 Å². The molecule has 0 saturated carbocycles. The average Bonchev–Trinajstić information content (AvgIpc) is 2.80. The van der Waals surface area contributed by atoms with E-state index in [0.29, 0.717) is 11.3 Å². The van der Waals surface area contributed by atoms with Gasteiger partial charge in [0, 0.05) is 5.56 Å². The van der Waals surface area contributed by atoms with Crippen LogP contribution in [0.4, 0.5) is 0 Å². The molecule has 0 aliphatic carbocycles. The molecule has 5 nitrogen and oxygen atoms in total. The minimum absolute atomic E-state index is 0.261. The summed E-state index contributed by atoms with van der Waals surface area (Å²) in [5.41, 5.74) is 2.28. The van der Waals surface area contributed by atoms with E-state index in [1.807, 2.05) is 38.1 Å². The summed E-state index contributed by atoms with van der Waals surface area (Å²) in [6.45, 7) is 5.48. The van der Waals surface area contributed by atoms with Crippen molar-refractivity contribution in [1.29, 1.82) is 5.26 Å². The van der Waals surface area contributed by atoms with E-state index in [-0.39, 0.29) is 11.9 Å². The second kappa shape index (κ2) is 6.23. The number of benzene rings is 1. The van der Waals surface area contributed by atoms with Gasteiger partial charge < -0.3 is 9.84 Å². The van der Waals surface area contributed by atoms with Crippen molar-refractivity contribution in [2.24, 2.45) is 0 Å². The van der Waals surface area contributed by atoms with Gasteiger partial charge >= 0.3 is 0 Å². The van der Waals surface area contributed by atoms with Gasteiger partial charge in [-0.1, -0.05) is 35.5 Å². The molecule has 0 spiro atoms. The molecule has 21 heavy (non-hydrogen) atoms. The van der Waals surface area contributed by atoms with Gasteiger partial charge in [0.05, 0.1) is 17.8 Å². The summed E-state index contributed by atoms with van der Waals surface area (Å²) in [4.78, 5) is 12.3. The van der Waals surface area contributed by atoms with E-state index < -0.39 is 5.92 Å². The van der Waals surface area contributed by atoms with Gasteiger partial charge in [0.25, 0.3) is 0 Å². The smallest absolute Gasteiger partial charge is 0.242 e. The highest BCUT2D eigenvalue weighted by Gasteiger charge is 2.24. The topological polar surface area (TPSA) is 78.9 Å². The summed E-state index contributed by atoms with van der Waals surface area (Å²) in [6.07, 6.45) is 0. The molecule has 1 N–H and O–H groups in total. The molecule has 108 valence electrons. The van der Waals surface area contributed by atoms with Gasteiger partial charge in [0.15, 0.2) is 0 Å². The number of carbonyl (C=O) groups excluding carboxylic acids is 1. The third-order valence-corrected chi connectivity index (χ3v) is 3.40. The zero-order valence-electron chi connectivity index (χ0n) is 12.3. The minimum Gasteiger partial charge on any atom is -0.361 e. The summed E-state index contributed by atoms with van der Waals surface area (Å²) in [6, 6.07) is 10.8. The molecule has 1 aromatic heterocycles. The third-order valence-electron chi connectivity index (χ3n) is 3.40. The van der Waals surface area contributed by atoms with Crippen LogP contribution in [0.1, 0.15) is 41.5 Å². The Bertz CT molecular complexity index is 651. The third kappa shape index (κ3) is 3.11. The normalized spacial score (nSPS) is 13.2. The lowest BCUT2D eigenvalue weighted by Crippen LogP contribution is -2.31. The molecule has 2 unspecified atom stereocenters. The Morgan fingerprint density at radius 3 is 2.52 bits per heavy atom. The van der Waals surface area contributed by atoms with Crippen LogP contribution >= 0.6 is 0 Å². The molecule has 2 aromatic rings. The van der Waals surface area contributed by atoms with Crippen LogP contribution in [0.5, 0.6) is 0 Å². The number of nitrogens with one attached hydrogen (secondary N) is 1. The molecular formula is C16H17N3O2. The first-order valence-corrected chi connectivity index (χ1v) is 6.72. The molecule has 0 bridgehead atoms. The second-order valence-corrected chi connectivity index (χ2v) is 4.94. The average molecular weight is 283 g/mol. The molecule has 1 amide bonds.